The second-order valence-electron chi connectivity index (χ2n) is 29.8. The third-order valence-electron chi connectivity index (χ3n) is 18.4. The first kappa shape index (κ1) is 95.1. The van der Waals surface area contributed by atoms with Crippen molar-refractivity contribution in [2.45, 2.75) is 414 Å². The fraction of sp³-hybridized carbons (Fsp3) is 0.949. The van der Waals surface area contributed by atoms with Crippen LogP contribution in [0.4, 0.5) is 0 Å². The molecule has 0 radical (unpaired) electrons. The van der Waals surface area contributed by atoms with Crippen LogP contribution in [0.1, 0.15) is 396 Å². The van der Waals surface area contributed by atoms with Gasteiger partial charge in [0.15, 0.2) is 12.2 Å². The summed E-state index contributed by atoms with van der Waals surface area (Å²) in [6.45, 7) is 14.1. The molecule has 0 saturated heterocycles. The minimum Gasteiger partial charge on any atom is -0.462 e. The van der Waals surface area contributed by atoms with Gasteiger partial charge < -0.3 is 33.8 Å². The molecular weight excluding hydrogens is 1270 g/mol. The number of unbranched alkanes of at least 4 members (excludes halogenated alkanes) is 40. The lowest BCUT2D eigenvalue weighted by Crippen LogP contribution is -2.30. The molecule has 0 aromatic carbocycles. The fourth-order valence-corrected chi connectivity index (χ4v) is 13.5. The van der Waals surface area contributed by atoms with E-state index in [1.54, 1.807) is 0 Å². The van der Waals surface area contributed by atoms with Crippen LogP contribution < -0.4 is 0 Å². The maximum Gasteiger partial charge on any atom is 0.472 e. The van der Waals surface area contributed by atoms with Crippen LogP contribution in [-0.2, 0) is 65.4 Å². The van der Waals surface area contributed by atoms with Gasteiger partial charge in [-0.1, -0.05) is 344 Å². The molecule has 0 fully saturated rings. The second-order valence-corrected chi connectivity index (χ2v) is 32.7. The van der Waals surface area contributed by atoms with Crippen LogP contribution in [0, 0.1) is 23.7 Å². The van der Waals surface area contributed by atoms with Crippen LogP contribution in [0.15, 0.2) is 0 Å². The van der Waals surface area contributed by atoms with E-state index in [2.05, 4.69) is 55.4 Å². The smallest absolute Gasteiger partial charge is 0.462 e. The summed E-state index contributed by atoms with van der Waals surface area (Å²) in [4.78, 5) is 72.7. The predicted molar refractivity (Wildman–Crippen MR) is 395 cm³/mol. The molecule has 0 spiro atoms. The zero-order valence-corrected chi connectivity index (χ0v) is 65.5. The number of carbonyl (C=O) groups excluding carboxylic acids is 4. The molecule has 0 aliphatic heterocycles. The molecule has 0 aliphatic carbocycles. The van der Waals surface area contributed by atoms with E-state index in [-0.39, 0.29) is 25.7 Å². The van der Waals surface area contributed by atoms with Gasteiger partial charge in [0, 0.05) is 25.7 Å². The van der Waals surface area contributed by atoms with Crippen molar-refractivity contribution in [1.82, 2.24) is 0 Å². The van der Waals surface area contributed by atoms with Gasteiger partial charge in [0.25, 0.3) is 0 Å². The van der Waals surface area contributed by atoms with Crippen molar-refractivity contribution >= 4 is 39.5 Å². The molecule has 3 N–H and O–H groups in total. The average Bonchev–Trinajstić information content (AvgIpc) is 1.17. The molecule has 17 nitrogen and oxygen atoms in total. The summed E-state index contributed by atoms with van der Waals surface area (Å²) < 4.78 is 68.5. The molecule has 0 aromatic heterocycles. The largest absolute Gasteiger partial charge is 0.472 e. The molecule has 0 aliphatic rings. The predicted octanol–water partition coefficient (Wildman–Crippen LogP) is 22.8. The van der Waals surface area contributed by atoms with Gasteiger partial charge in [-0.25, -0.2) is 9.13 Å². The number of aliphatic hydroxyl groups is 1. The van der Waals surface area contributed by atoms with Gasteiger partial charge in [-0.2, -0.15) is 0 Å². The monoisotopic (exact) mass is 1420 g/mol. The van der Waals surface area contributed by atoms with Gasteiger partial charge in [-0.3, -0.25) is 37.3 Å². The molecule has 97 heavy (non-hydrogen) atoms. The second kappa shape index (κ2) is 67.2. The van der Waals surface area contributed by atoms with Crippen molar-refractivity contribution in [3.63, 3.8) is 0 Å². The van der Waals surface area contributed by atoms with Crippen molar-refractivity contribution in [3.8, 4) is 0 Å². The number of carbonyl (C=O) groups is 4. The van der Waals surface area contributed by atoms with Crippen LogP contribution in [0.5, 0.6) is 0 Å². The standard InChI is InChI=1S/C78H152O17P2/c1-9-71(8)57-49-41-31-27-23-19-16-17-20-24-28-32-42-50-58-75(80)88-64-73(94-77(82)60-52-44-33-29-25-21-15-13-11-10-12-14-18-22-26-30-38-46-54-68(2)3)66-92-96(84,85)90-62-72(79)63-91-97(86,87)93-67-74(95-78(83)61-53-45-37-35-40-48-56-70(6)7)65-89-76(81)59-51-43-36-34-39-47-55-69(4)5/h68-74,79H,9-67H2,1-8H3,(H,84,85)(H,86,87)/t71?,72-,73-,74-/m1/s1. The van der Waals surface area contributed by atoms with Crippen LogP contribution in [-0.4, -0.2) is 96.7 Å². The number of hydrogen-bond donors (Lipinski definition) is 3. The minimum absolute atomic E-state index is 0.101. The normalized spacial score (nSPS) is 14.4. The molecule has 0 amide bonds. The Balaban J connectivity index is 5.18. The summed E-state index contributed by atoms with van der Waals surface area (Å²) >= 11 is 0. The Labute approximate surface area is 594 Å². The molecule has 0 aromatic rings. The van der Waals surface area contributed by atoms with Crippen molar-refractivity contribution < 1.29 is 80.2 Å². The summed E-state index contributed by atoms with van der Waals surface area (Å²) in [6, 6.07) is 0. The van der Waals surface area contributed by atoms with E-state index in [9.17, 15) is 43.2 Å². The highest BCUT2D eigenvalue weighted by atomic mass is 31.2. The van der Waals surface area contributed by atoms with Gasteiger partial charge >= 0.3 is 39.5 Å². The number of phosphoric ester groups is 2. The van der Waals surface area contributed by atoms with E-state index >= 15 is 0 Å². The van der Waals surface area contributed by atoms with Crippen LogP contribution >= 0.6 is 15.6 Å². The Bertz CT molecular complexity index is 1900. The summed E-state index contributed by atoms with van der Waals surface area (Å²) in [7, 11) is -9.91. The lowest BCUT2D eigenvalue weighted by atomic mass is 9.99. The zero-order valence-electron chi connectivity index (χ0n) is 63.7. The molecule has 0 rings (SSSR count). The fourth-order valence-electron chi connectivity index (χ4n) is 11.9. The van der Waals surface area contributed by atoms with Crippen molar-refractivity contribution in [2.24, 2.45) is 23.7 Å². The number of aliphatic hydroxyl groups excluding tert-OH is 1. The highest BCUT2D eigenvalue weighted by Crippen LogP contribution is 2.45. The number of esters is 4. The highest BCUT2D eigenvalue weighted by Gasteiger charge is 2.30. The van der Waals surface area contributed by atoms with Gasteiger partial charge in [0.1, 0.15) is 19.3 Å². The van der Waals surface area contributed by atoms with Crippen molar-refractivity contribution in [3.05, 3.63) is 0 Å². The lowest BCUT2D eigenvalue weighted by Gasteiger charge is -2.21. The molecule has 0 heterocycles. The number of rotatable bonds is 75. The van der Waals surface area contributed by atoms with Gasteiger partial charge in [0.05, 0.1) is 26.4 Å². The first-order valence-corrected chi connectivity index (χ1v) is 43.2. The van der Waals surface area contributed by atoms with Crippen molar-refractivity contribution in [2.75, 3.05) is 39.6 Å². The molecule has 19 heteroatoms. The zero-order chi connectivity index (χ0) is 71.7. The Morgan fingerprint density at radius 2 is 0.495 bits per heavy atom. The van der Waals surface area contributed by atoms with Crippen LogP contribution in [0.25, 0.3) is 0 Å². The third-order valence-corrected chi connectivity index (χ3v) is 20.3. The van der Waals surface area contributed by atoms with Gasteiger partial charge in [-0.15, -0.1) is 0 Å². The van der Waals surface area contributed by atoms with E-state index in [4.69, 9.17) is 37.0 Å². The van der Waals surface area contributed by atoms with Gasteiger partial charge in [-0.05, 0) is 49.4 Å². The quantitative estimate of drug-likeness (QED) is 0.0222. The molecule has 576 valence electrons. The van der Waals surface area contributed by atoms with E-state index in [1.165, 1.54) is 193 Å². The maximum atomic E-state index is 13.1. The Morgan fingerprint density at radius 1 is 0.289 bits per heavy atom. The van der Waals surface area contributed by atoms with Gasteiger partial charge in [0.2, 0.25) is 0 Å². The summed E-state index contributed by atoms with van der Waals surface area (Å²) in [5.74, 6) is 0.893. The first-order chi connectivity index (χ1) is 46.6. The minimum atomic E-state index is -4.96. The van der Waals surface area contributed by atoms with Crippen molar-refractivity contribution in [1.29, 1.82) is 0 Å². The molecule has 0 bridgehead atoms. The average molecular weight is 1420 g/mol. The molecule has 0 saturated carbocycles. The van der Waals surface area contributed by atoms with E-state index < -0.39 is 97.5 Å². The Hall–Kier alpha value is -1.94. The lowest BCUT2D eigenvalue weighted by molar-refractivity contribution is -0.161. The number of hydrogen-bond acceptors (Lipinski definition) is 15. The highest BCUT2D eigenvalue weighted by molar-refractivity contribution is 7.47. The van der Waals surface area contributed by atoms with E-state index in [0.29, 0.717) is 37.5 Å². The van der Waals surface area contributed by atoms with Crippen LogP contribution in [0.2, 0.25) is 0 Å². The Kier molecular flexibility index (Phi) is 65.9. The van der Waals surface area contributed by atoms with E-state index in [0.717, 1.165) is 108 Å². The topological polar surface area (TPSA) is 237 Å². The summed E-state index contributed by atoms with van der Waals surface area (Å²) in [5, 5.41) is 10.6. The number of ether oxygens (including phenoxy) is 4. The SMILES string of the molecule is CCC(C)CCCCCCCCCCCCCCCCC(=O)OC[C@H](COP(=O)(O)OC[C@@H](O)COP(=O)(O)OC[C@@H](COC(=O)CCCCCCCCC(C)C)OC(=O)CCCCCCCCC(C)C)OC(=O)CCCCCCCCCCCCCCCCCCCCC(C)C. The Morgan fingerprint density at radius 3 is 0.732 bits per heavy atom. The first-order valence-electron chi connectivity index (χ1n) is 40.2. The summed E-state index contributed by atoms with van der Waals surface area (Å²) in [6.07, 6.45) is 53.2. The summed E-state index contributed by atoms with van der Waals surface area (Å²) in [5.41, 5.74) is 0. The van der Waals surface area contributed by atoms with Crippen LogP contribution in [0.3, 0.4) is 0 Å². The molecule has 3 unspecified atom stereocenters. The number of phosphoric acid groups is 2. The third kappa shape index (κ3) is 70.9. The van der Waals surface area contributed by atoms with E-state index in [1.807, 2.05) is 0 Å². The molecule has 6 atom stereocenters. The molecular formula is C78H152O17P2. The maximum absolute atomic E-state index is 13.1.